The van der Waals surface area contributed by atoms with Crippen LogP contribution in [-0.4, -0.2) is 25.8 Å². The van der Waals surface area contributed by atoms with Gasteiger partial charge in [0, 0.05) is 13.2 Å². The lowest BCUT2D eigenvalue weighted by molar-refractivity contribution is 0.000368. The minimum Gasteiger partial charge on any atom is -0.376 e. The van der Waals surface area contributed by atoms with Crippen LogP contribution in [0.15, 0.2) is 0 Å². The van der Waals surface area contributed by atoms with Crippen LogP contribution in [-0.2, 0) is 4.74 Å². The van der Waals surface area contributed by atoms with Crippen LogP contribution in [0.3, 0.4) is 0 Å². The van der Waals surface area contributed by atoms with Gasteiger partial charge < -0.3 is 10.1 Å². The SMILES string of the molecule is CCCCC(CC)COC(CNCCC)C(C)C. The molecule has 0 aromatic heterocycles. The molecule has 0 spiro atoms. The van der Waals surface area contributed by atoms with Gasteiger partial charge in [-0.05, 0) is 31.2 Å². The number of rotatable bonds is 12. The second-order valence-corrected chi connectivity index (χ2v) is 5.74. The zero-order chi connectivity index (χ0) is 13.8. The molecule has 0 aliphatic heterocycles. The third-order valence-corrected chi connectivity index (χ3v) is 3.61. The van der Waals surface area contributed by atoms with Crippen LogP contribution >= 0.6 is 0 Å². The number of ether oxygens (including phenoxy) is 1. The Morgan fingerprint density at radius 1 is 1.06 bits per heavy atom. The van der Waals surface area contributed by atoms with Crippen molar-refractivity contribution in [1.82, 2.24) is 5.32 Å². The van der Waals surface area contributed by atoms with Crippen molar-refractivity contribution in [2.75, 3.05) is 19.7 Å². The third-order valence-electron chi connectivity index (χ3n) is 3.61. The summed E-state index contributed by atoms with van der Waals surface area (Å²) in [6, 6.07) is 0. The maximum atomic E-state index is 6.14. The van der Waals surface area contributed by atoms with Crippen molar-refractivity contribution in [2.24, 2.45) is 11.8 Å². The Hall–Kier alpha value is -0.0800. The Morgan fingerprint density at radius 2 is 1.78 bits per heavy atom. The highest BCUT2D eigenvalue weighted by atomic mass is 16.5. The highest BCUT2D eigenvalue weighted by molar-refractivity contribution is 4.67. The first-order valence-electron chi connectivity index (χ1n) is 7.97. The first-order valence-corrected chi connectivity index (χ1v) is 7.97. The highest BCUT2D eigenvalue weighted by Crippen LogP contribution is 2.15. The van der Waals surface area contributed by atoms with Crippen LogP contribution in [0.5, 0.6) is 0 Å². The molecule has 2 heteroatoms. The number of hydrogen-bond acceptors (Lipinski definition) is 2. The van der Waals surface area contributed by atoms with Crippen LogP contribution in [0, 0.1) is 11.8 Å². The van der Waals surface area contributed by atoms with Gasteiger partial charge >= 0.3 is 0 Å². The summed E-state index contributed by atoms with van der Waals surface area (Å²) in [5, 5.41) is 3.48. The van der Waals surface area contributed by atoms with E-state index in [1.165, 1.54) is 32.1 Å². The summed E-state index contributed by atoms with van der Waals surface area (Å²) in [5.41, 5.74) is 0. The molecule has 0 saturated carbocycles. The maximum absolute atomic E-state index is 6.14. The number of nitrogens with one attached hydrogen (secondary N) is 1. The average Bonchev–Trinajstić information content (AvgIpc) is 2.36. The van der Waals surface area contributed by atoms with Crippen molar-refractivity contribution >= 4 is 0 Å². The molecule has 0 saturated heterocycles. The van der Waals surface area contributed by atoms with Crippen LogP contribution in [0.25, 0.3) is 0 Å². The van der Waals surface area contributed by atoms with E-state index in [1.54, 1.807) is 0 Å². The molecule has 2 unspecified atom stereocenters. The van der Waals surface area contributed by atoms with Gasteiger partial charge in [0.2, 0.25) is 0 Å². The molecule has 0 heterocycles. The highest BCUT2D eigenvalue weighted by Gasteiger charge is 2.15. The van der Waals surface area contributed by atoms with Crippen molar-refractivity contribution in [1.29, 1.82) is 0 Å². The zero-order valence-corrected chi connectivity index (χ0v) is 13.3. The standard InChI is InChI=1S/C16H35NO/c1-6-9-10-15(8-3)13-18-16(14(4)5)12-17-11-7-2/h14-17H,6-13H2,1-5H3. The van der Waals surface area contributed by atoms with Crippen molar-refractivity contribution < 1.29 is 4.74 Å². The lowest BCUT2D eigenvalue weighted by atomic mass is 10.00. The molecule has 0 bridgehead atoms. The maximum Gasteiger partial charge on any atom is 0.0722 e. The largest absolute Gasteiger partial charge is 0.376 e. The fourth-order valence-electron chi connectivity index (χ4n) is 2.07. The Morgan fingerprint density at radius 3 is 2.28 bits per heavy atom. The van der Waals surface area contributed by atoms with E-state index in [4.69, 9.17) is 4.74 Å². The van der Waals surface area contributed by atoms with E-state index in [0.717, 1.165) is 25.6 Å². The van der Waals surface area contributed by atoms with Crippen molar-refractivity contribution in [2.45, 2.75) is 72.8 Å². The molecule has 0 fully saturated rings. The van der Waals surface area contributed by atoms with Gasteiger partial charge in [-0.3, -0.25) is 0 Å². The number of hydrogen-bond donors (Lipinski definition) is 1. The van der Waals surface area contributed by atoms with Crippen LogP contribution in [0.2, 0.25) is 0 Å². The minimum absolute atomic E-state index is 0.368. The molecule has 0 amide bonds. The molecular formula is C16H35NO. The Bertz CT molecular complexity index is 170. The fourth-order valence-corrected chi connectivity index (χ4v) is 2.07. The minimum atomic E-state index is 0.368. The number of unbranched alkanes of at least 4 members (excludes halogenated alkanes) is 1. The van der Waals surface area contributed by atoms with Crippen LogP contribution in [0.4, 0.5) is 0 Å². The monoisotopic (exact) mass is 257 g/mol. The van der Waals surface area contributed by atoms with E-state index in [-0.39, 0.29) is 0 Å². The average molecular weight is 257 g/mol. The third kappa shape index (κ3) is 8.93. The van der Waals surface area contributed by atoms with Crippen molar-refractivity contribution in [3.8, 4) is 0 Å². The zero-order valence-electron chi connectivity index (χ0n) is 13.3. The molecule has 0 aliphatic rings. The van der Waals surface area contributed by atoms with Gasteiger partial charge in [-0.15, -0.1) is 0 Å². The normalized spacial score (nSPS) is 15.0. The smallest absolute Gasteiger partial charge is 0.0722 e. The fraction of sp³-hybridized carbons (Fsp3) is 1.00. The van der Waals surface area contributed by atoms with Gasteiger partial charge in [0.25, 0.3) is 0 Å². The van der Waals surface area contributed by atoms with Gasteiger partial charge in [-0.25, -0.2) is 0 Å². The molecule has 0 aromatic rings. The summed E-state index contributed by atoms with van der Waals surface area (Å²) in [6.45, 7) is 14.3. The lowest BCUT2D eigenvalue weighted by Gasteiger charge is -2.25. The molecule has 2 nitrogen and oxygen atoms in total. The molecule has 1 N–H and O–H groups in total. The first-order chi connectivity index (χ1) is 8.65. The van der Waals surface area contributed by atoms with E-state index in [2.05, 4.69) is 39.9 Å². The van der Waals surface area contributed by atoms with Crippen LogP contribution in [0.1, 0.15) is 66.7 Å². The second-order valence-electron chi connectivity index (χ2n) is 5.74. The Balaban J connectivity index is 3.91. The second kappa shape index (κ2) is 12.0. The van der Waals surface area contributed by atoms with Gasteiger partial charge in [0.1, 0.15) is 0 Å². The molecule has 0 radical (unpaired) electrons. The Labute approximate surface area is 115 Å². The lowest BCUT2D eigenvalue weighted by Crippen LogP contribution is -2.34. The van der Waals surface area contributed by atoms with Crippen molar-refractivity contribution in [3.05, 3.63) is 0 Å². The predicted octanol–water partition coefficient (Wildman–Crippen LogP) is 4.24. The van der Waals surface area contributed by atoms with E-state index < -0.39 is 0 Å². The Kier molecular flexibility index (Phi) is 11.9. The molecule has 18 heavy (non-hydrogen) atoms. The molecule has 0 rings (SSSR count). The van der Waals surface area contributed by atoms with Crippen molar-refractivity contribution in [3.63, 3.8) is 0 Å². The van der Waals surface area contributed by atoms with Crippen LogP contribution < -0.4 is 5.32 Å². The van der Waals surface area contributed by atoms with Gasteiger partial charge in [-0.1, -0.05) is 53.9 Å². The molecular weight excluding hydrogens is 222 g/mol. The van der Waals surface area contributed by atoms with Gasteiger partial charge in [-0.2, -0.15) is 0 Å². The summed E-state index contributed by atoms with van der Waals surface area (Å²) >= 11 is 0. The molecule has 2 atom stereocenters. The van der Waals surface area contributed by atoms with Gasteiger partial charge in [0.05, 0.1) is 6.10 Å². The van der Waals surface area contributed by atoms with Gasteiger partial charge in [0.15, 0.2) is 0 Å². The predicted molar refractivity (Wildman–Crippen MR) is 81.0 cm³/mol. The van der Waals surface area contributed by atoms with E-state index >= 15 is 0 Å². The first kappa shape index (κ1) is 17.9. The summed E-state index contributed by atoms with van der Waals surface area (Å²) in [6.07, 6.45) is 6.75. The molecule has 110 valence electrons. The quantitative estimate of drug-likeness (QED) is 0.528. The summed E-state index contributed by atoms with van der Waals surface area (Å²) in [5.74, 6) is 1.34. The van der Waals surface area contributed by atoms with E-state index in [9.17, 15) is 0 Å². The molecule has 0 aliphatic carbocycles. The molecule has 0 aromatic carbocycles. The van der Waals surface area contributed by atoms with E-state index in [0.29, 0.717) is 12.0 Å². The van der Waals surface area contributed by atoms with E-state index in [1.807, 2.05) is 0 Å². The summed E-state index contributed by atoms with van der Waals surface area (Å²) < 4.78 is 6.14. The summed E-state index contributed by atoms with van der Waals surface area (Å²) in [4.78, 5) is 0. The topological polar surface area (TPSA) is 21.3 Å². The summed E-state index contributed by atoms with van der Waals surface area (Å²) in [7, 11) is 0.